The fourth-order valence-corrected chi connectivity index (χ4v) is 0.732. The minimum absolute atomic E-state index is 0.440. The third-order valence-electron chi connectivity index (χ3n) is 1.20. The molecule has 0 bridgehead atoms. The Morgan fingerprint density at radius 2 is 2.40 bits per heavy atom. The van der Waals surface area contributed by atoms with E-state index in [1.807, 2.05) is 13.0 Å². The number of thiol groups is 1. The molecule has 0 saturated heterocycles. The van der Waals surface area contributed by atoms with Gasteiger partial charge in [-0.3, -0.25) is 0 Å². The lowest BCUT2D eigenvalue weighted by Crippen LogP contribution is -1.84. The molecular weight excluding hydrogens is 144 g/mol. The van der Waals surface area contributed by atoms with E-state index in [9.17, 15) is 0 Å². The standard InChI is InChI=1S/C7H6N2S/c1-5-2-6(3-8)9-4-7(5)10/h2,4,10H,1H3. The second kappa shape index (κ2) is 2.72. The van der Waals surface area contributed by atoms with Crippen molar-refractivity contribution in [3.05, 3.63) is 23.5 Å². The molecule has 1 aromatic rings. The summed E-state index contributed by atoms with van der Waals surface area (Å²) < 4.78 is 0. The lowest BCUT2D eigenvalue weighted by molar-refractivity contribution is 1.15. The van der Waals surface area contributed by atoms with Gasteiger partial charge in [0.1, 0.15) is 11.8 Å². The van der Waals surface area contributed by atoms with Crippen LogP contribution in [-0.2, 0) is 0 Å². The van der Waals surface area contributed by atoms with Gasteiger partial charge in [-0.1, -0.05) is 0 Å². The molecule has 0 aliphatic heterocycles. The van der Waals surface area contributed by atoms with Crippen molar-refractivity contribution in [3.8, 4) is 6.07 Å². The van der Waals surface area contributed by atoms with Crippen LogP contribution in [0, 0.1) is 18.3 Å². The van der Waals surface area contributed by atoms with Crippen molar-refractivity contribution < 1.29 is 0 Å². The van der Waals surface area contributed by atoms with E-state index >= 15 is 0 Å². The topological polar surface area (TPSA) is 36.7 Å². The van der Waals surface area contributed by atoms with Crippen molar-refractivity contribution >= 4 is 12.6 Å². The molecule has 10 heavy (non-hydrogen) atoms. The Morgan fingerprint density at radius 3 is 2.90 bits per heavy atom. The molecule has 1 rings (SSSR count). The number of hydrogen-bond acceptors (Lipinski definition) is 3. The van der Waals surface area contributed by atoms with Crippen LogP contribution in [0.4, 0.5) is 0 Å². The molecule has 0 atom stereocenters. The molecule has 0 saturated carbocycles. The van der Waals surface area contributed by atoms with Gasteiger partial charge < -0.3 is 0 Å². The Balaban J connectivity index is 3.20. The van der Waals surface area contributed by atoms with Crippen LogP contribution in [0.25, 0.3) is 0 Å². The molecule has 0 unspecified atom stereocenters. The van der Waals surface area contributed by atoms with Gasteiger partial charge in [0.15, 0.2) is 0 Å². The summed E-state index contributed by atoms with van der Waals surface area (Å²) in [6.45, 7) is 1.89. The van der Waals surface area contributed by atoms with Gasteiger partial charge in [-0.15, -0.1) is 12.6 Å². The van der Waals surface area contributed by atoms with Crippen molar-refractivity contribution in [2.75, 3.05) is 0 Å². The first kappa shape index (κ1) is 7.10. The van der Waals surface area contributed by atoms with Crippen molar-refractivity contribution in [1.82, 2.24) is 4.98 Å². The highest BCUT2D eigenvalue weighted by Crippen LogP contribution is 2.10. The van der Waals surface area contributed by atoms with Crippen molar-refractivity contribution in [2.45, 2.75) is 11.8 Å². The molecule has 0 aromatic carbocycles. The molecule has 0 aliphatic carbocycles. The zero-order valence-electron chi connectivity index (χ0n) is 5.50. The molecular formula is C7H6N2S. The van der Waals surface area contributed by atoms with Crippen LogP contribution in [0.1, 0.15) is 11.3 Å². The monoisotopic (exact) mass is 150 g/mol. The van der Waals surface area contributed by atoms with E-state index in [2.05, 4.69) is 17.6 Å². The smallest absolute Gasteiger partial charge is 0.140 e. The van der Waals surface area contributed by atoms with Crippen LogP contribution in [-0.4, -0.2) is 4.98 Å². The Kier molecular flexibility index (Phi) is 1.93. The van der Waals surface area contributed by atoms with Crippen LogP contribution >= 0.6 is 12.6 Å². The molecule has 2 nitrogen and oxygen atoms in total. The molecule has 1 aromatic heterocycles. The minimum Gasteiger partial charge on any atom is -0.244 e. The zero-order valence-corrected chi connectivity index (χ0v) is 6.39. The summed E-state index contributed by atoms with van der Waals surface area (Å²) in [6.07, 6.45) is 1.58. The molecule has 0 fully saturated rings. The average molecular weight is 150 g/mol. The van der Waals surface area contributed by atoms with Gasteiger partial charge in [-0.2, -0.15) is 5.26 Å². The van der Waals surface area contributed by atoms with Gasteiger partial charge in [0, 0.05) is 11.1 Å². The Hall–Kier alpha value is -1.01. The quantitative estimate of drug-likeness (QED) is 0.570. The van der Waals surface area contributed by atoms with Gasteiger partial charge in [0.25, 0.3) is 0 Å². The number of hydrogen-bond donors (Lipinski definition) is 1. The minimum atomic E-state index is 0.440. The second-order valence-corrected chi connectivity index (χ2v) is 2.45. The summed E-state index contributed by atoms with van der Waals surface area (Å²) in [4.78, 5) is 4.64. The summed E-state index contributed by atoms with van der Waals surface area (Å²) >= 11 is 4.11. The van der Waals surface area contributed by atoms with E-state index < -0.39 is 0 Å². The van der Waals surface area contributed by atoms with Crippen LogP contribution in [0.15, 0.2) is 17.2 Å². The van der Waals surface area contributed by atoms with Crippen molar-refractivity contribution in [1.29, 1.82) is 5.26 Å². The predicted molar refractivity (Wildman–Crippen MR) is 40.9 cm³/mol. The summed E-state index contributed by atoms with van der Waals surface area (Å²) in [7, 11) is 0. The van der Waals surface area contributed by atoms with Gasteiger partial charge in [0.05, 0.1) is 0 Å². The molecule has 0 N–H and O–H groups in total. The second-order valence-electron chi connectivity index (χ2n) is 1.97. The number of aromatic nitrogens is 1. The largest absolute Gasteiger partial charge is 0.244 e. The van der Waals surface area contributed by atoms with E-state index in [-0.39, 0.29) is 0 Å². The van der Waals surface area contributed by atoms with Crippen molar-refractivity contribution in [3.63, 3.8) is 0 Å². The molecule has 50 valence electrons. The molecule has 3 heteroatoms. The number of nitrogens with zero attached hydrogens (tertiary/aromatic N) is 2. The van der Waals surface area contributed by atoms with Gasteiger partial charge in [-0.25, -0.2) is 4.98 Å². The fraction of sp³-hybridized carbons (Fsp3) is 0.143. The van der Waals surface area contributed by atoms with Crippen LogP contribution in [0.3, 0.4) is 0 Å². The number of nitriles is 1. The number of rotatable bonds is 0. The van der Waals surface area contributed by atoms with E-state index in [0.717, 1.165) is 10.5 Å². The normalized spacial score (nSPS) is 8.90. The molecule has 0 radical (unpaired) electrons. The van der Waals surface area contributed by atoms with Gasteiger partial charge in [-0.05, 0) is 18.6 Å². The van der Waals surface area contributed by atoms with E-state index in [1.54, 1.807) is 12.3 Å². The summed E-state index contributed by atoms with van der Waals surface area (Å²) in [6, 6.07) is 3.66. The SMILES string of the molecule is Cc1cc(C#N)ncc1S. The van der Waals surface area contributed by atoms with Crippen LogP contribution < -0.4 is 0 Å². The molecule has 0 spiro atoms. The maximum atomic E-state index is 8.42. The summed E-state index contributed by atoms with van der Waals surface area (Å²) in [5.41, 5.74) is 1.42. The molecule has 0 aliphatic rings. The highest BCUT2D eigenvalue weighted by molar-refractivity contribution is 7.80. The number of aryl methyl sites for hydroxylation is 1. The zero-order chi connectivity index (χ0) is 7.56. The highest BCUT2D eigenvalue weighted by atomic mass is 32.1. The summed E-state index contributed by atoms with van der Waals surface area (Å²) in [5, 5.41) is 8.42. The number of pyridine rings is 1. The van der Waals surface area contributed by atoms with Gasteiger partial charge >= 0.3 is 0 Å². The van der Waals surface area contributed by atoms with Gasteiger partial charge in [0.2, 0.25) is 0 Å². The average Bonchev–Trinajstić information content (AvgIpc) is 1.95. The fourth-order valence-electron chi connectivity index (χ4n) is 0.610. The maximum Gasteiger partial charge on any atom is 0.140 e. The Bertz CT molecular complexity index is 288. The van der Waals surface area contributed by atoms with E-state index in [0.29, 0.717) is 5.69 Å². The van der Waals surface area contributed by atoms with E-state index in [4.69, 9.17) is 5.26 Å². The molecule has 0 amide bonds. The maximum absolute atomic E-state index is 8.42. The Morgan fingerprint density at radius 1 is 1.70 bits per heavy atom. The van der Waals surface area contributed by atoms with E-state index in [1.165, 1.54) is 0 Å². The third kappa shape index (κ3) is 1.28. The van der Waals surface area contributed by atoms with Crippen LogP contribution in [0.2, 0.25) is 0 Å². The first-order chi connectivity index (χ1) is 4.74. The van der Waals surface area contributed by atoms with Crippen LogP contribution in [0.5, 0.6) is 0 Å². The van der Waals surface area contributed by atoms with Crippen molar-refractivity contribution in [2.24, 2.45) is 0 Å². The first-order valence-electron chi connectivity index (χ1n) is 2.80. The lowest BCUT2D eigenvalue weighted by Gasteiger charge is -1.95. The third-order valence-corrected chi connectivity index (χ3v) is 1.67. The first-order valence-corrected chi connectivity index (χ1v) is 3.24. The predicted octanol–water partition coefficient (Wildman–Crippen LogP) is 1.55. The lowest BCUT2D eigenvalue weighted by atomic mass is 10.2. The Labute approximate surface area is 64.9 Å². The summed E-state index contributed by atoms with van der Waals surface area (Å²) in [5.74, 6) is 0. The molecule has 1 heterocycles. The highest BCUT2D eigenvalue weighted by Gasteiger charge is 1.94.